The van der Waals surface area contributed by atoms with Crippen LogP contribution in [0.4, 0.5) is 4.39 Å². The number of halogens is 2. The molecule has 196 valence electrons. The fraction of sp³-hybridized carbons (Fsp3) is 0.333. The zero-order valence-corrected chi connectivity index (χ0v) is 23.3. The topological polar surface area (TPSA) is 58.6 Å². The summed E-state index contributed by atoms with van der Waals surface area (Å²) in [5.41, 5.74) is 2.29. The number of hydrogen-bond acceptors (Lipinski definition) is 3. The van der Waals surface area contributed by atoms with E-state index in [0.29, 0.717) is 17.7 Å². The van der Waals surface area contributed by atoms with E-state index >= 15 is 0 Å². The van der Waals surface area contributed by atoms with Crippen LogP contribution in [0, 0.1) is 5.82 Å². The van der Waals surface area contributed by atoms with Crippen molar-refractivity contribution in [2.75, 3.05) is 6.61 Å². The molecule has 3 aromatic carbocycles. The number of benzene rings is 3. The summed E-state index contributed by atoms with van der Waals surface area (Å²) in [5.74, 6) is -0.427. The number of carbonyl (C=O) groups excluding carboxylic acids is 2. The van der Waals surface area contributed by atoms with Crippen LogP contribution in [-0.2, 0) is 29.0 Å². The maximum Gasteiger partial charge on any atom is 0.261 e. The molecule has 7 heteroatoms. The van der Waals surface area contributed by atoms with E-state index in [9.17, 15) is 14.0 Å². The molecule has 0 heterocycles. The molecule has 3 rings (SSSR count). The molecule has 0 unspecified atom stereocenters. The van der Waals surface area contributed by atoms with E-state index in [4.69, 9.17) is 4.74 Å². The van der Waals surface area contributed by atoms with Gasteiger partial charge in [-0.2, -0.15) is 0 Å². The van der Waals surface area contributed by atoms with Gasteiger partial charge in [0, 0.05) is 18.5 Å². The summed E-state index contributed by atoms with van der Waals surface area (Å²) in [4.78, 5) is 28.7. The van der Waals surface area contributed by atoms with Gasteiger partial charge in [0.2, 0.25) is 5.91 Å². The van der Waals surface area contributed by atoms with Gasteiger partial charge in [0.15, 0.2) is 6.61 Å². The number of aryl methyl sites for hydroxylation is 1. The van der Waals surface area contributed by atoms with Gasteiger partial charge in [0.1, 0.15) is 17.6 Å². The number of nitrogens with zero attached hydrogens (tertiary/aromatic N) is 1. The molecule has 0 fully saturated rings. The van der Waals surface area contributed by atoms with Gasteiger partial charge in [0.25, 0.3) is 5.91 Å². The van der Waals surface area contributed by atoms with Crippen molar-refractivity contribution >= 4 is 27.7 Å². The zero-order chi connectivity index (χ0) is 27.0. The van der Waals surface area contributed by atoms with Gasteiger partial charge < -0.3 is 15.0 Å². The quantitative estimate of drug-likeness (QED) is 0.322. The molecule has 0 bridgehead atoms. The largest absolute Gasteiger partial charge is 0.483 e. The molecule has 0 saturated carbocycles. The van der Waals surface area contributed by atoms with E-state index in [2.05, 4.69) is 28.2 Å². The molecular formula is C30H34BrFN2O3. The van der Waals surface area contributed by atoms with Gasteiger partial charge >= 0.3 is 0 Å². The lowest BCUT2D eigenvalue weighted by atomic mass is 10.0. The molecule has 1 N–H and O–H groups in total. The zero-order valence-electron chi connectivity index (χ0n) is 21.8. The van der Waals surface area contributed by atoms with Crippen LogP contribution >= 0.6 is 15.9 Å². The number of amides is 2. The lowest BCUT2D eigenvalue weighted by Crippen LogP contribution is -2.55. The molecule has 2 amide bonds. The predicted molar refractivity (Wildman–Crippen MR) is 148 cm³/mol. The van der Waals surface area contributed by atoms with Crippen LogP contribution in [0.15, 0.2) is 77.3 Å². The standard InChI is InChI=1S/C30H34BrFN2O3/c1-5-21-13-16-27(25(31)17-21)37-20-28(35)34(19-23-11-14-24(32)15-12-23)26(29(36)33-30(2,3)4)18-22-9-7-6-8-10-22/h6-17,26H,5,18-20H2,1-4H3,(H,33,36)/t26-/m1/s1. The number of hydrogen-bond donors (Lipinski definition) is 1. The van der Waals surface area contributed by atoms with Gasteiger partial charge in [0.05, 0.1) is 4.47 Å². The van der Waals surface area contributed by atoms with Crippen molar-refractivity contribution in [1.82, 2.24) is 10.2 Å². The highest BCUT2D eigenvalue weighted by Gasteiger charge is 2.32. The SMILES string of the molecule is CCc1ccc(OCC(=O)N(Cc2ccc(F)cc2)[C@H](Cc2ccccc2)C(=O)NC(C)(C)C)c(Br)c1. The normalized spacial score (nSPS) is 12.1. The maximum atomic E-state index is 13.7. The number of rotatable bonds is 10. The first-order valence-corrected chi connectivity index (χ1v) is 13.2. The van der Waals surface area contributed by atoms with Crippen LogP contribution in [0.3, 0.4) is 0 Å². The first kappa shape index (κ1) is 28.4. The van der Waals surface area contributed by atoms with Crippen LogP contribution in [-0.4, -0.2) is 34.9 Å². The van der Waals surface area contributed by atoms with E-state index in [-0.39, 0.29) is 30.8 Å². The Labute approximate surface area is 227 Å². The van der Waals surface area contributed by atoms with Crippen molar-refractivity contribution in [3.63, 3.8) is 0 Å². The minimum Gasteiger partial charge on any atom is -0.483 e. The van der Waals surface area contributed by atoms with Crippen LogP contribution < -0.4 is 10.1 Å². The number of nitrogens with one attached hydrogen (secondary N) is 1. The highest BCUT2D eigenvalue weighted by Crippen LogP contribution is 2.26. The van der Waals surface area contributed by atoms with Crippen LogP contribution in [0.5, 0.6) is 5.75 Å². The predicted octanol–water partition coefficient (Wildman–Crippen LogP) is 6.08. The Morgan fingerprint density at radius 3 is 2.22 bits per heavy atom. The Hall–Kier alpha value is -3.19. The van der Waals surface area contributed by atoms with Gasteiger partial charge in [-0.05, 0) is 84.1 Å². The average molecular weight is 570 g/mol. The molecule has 0 aromatic heterocycles. The molecule has 0 aliphatic heterocycles. The summed E-state index contributed by atoms with van der Waals surface area (Å²) in [6.45, 7) is 7.65. The van der Waals surface area contributed by atoms with Crippen molar-refractivity contribution in [1.29, 1.82) is 0 Å². The third-order valence-corrected chi connectivity index (χ3v) is 6.41. The van der Waals surface area contributed by atoms with Crippen molar-refractivity contribution in [2.24, 2.45) is 0 Å². The van der Waals surface area contributed by atoms with E-state index in [1.54, 1.807) is 12.1 Å². The molecule has 0 aliphatic carbocycles. The van der Waals surface area contributed by atoms with Crippen LogP contribution in [0.2, 0.25) is 0 Å². The smallest absolute Gasteiger partial charge is 0.261 e. The molecule has 37 heavy (non-hydrogen) atoms. The molecule has 0 spiro atoms. The van der Waals surface area contributed by atoms with Crippen molar-refractivity contribution < 1.29 is 18.7 Å². The van der Waals surface area contributed by atoms with Gasteiger partial charge in [-0.25, -0.2) is 4.39 Å². The molecule has 0 aliphatic rings. The van der Waals surface area contributed by atoms with E-state index in [1.165, 1.54) is 17.0 Å². The fourth-order valence-electron chi connectivity index (χ4n) is 3.90. The summed E-state index contributed by atoms with van der Waals surface area (Å²) < 4.78 is 20.2. The van der Waals surface area contributed by atoms with Gasteiger partial charge in [-0.1, -0.05) is 55.5 Å². The fourth-order valence-corrected chi connectivity index (χ4v) is 4.44. The monoisotopic (exact) mass is 568 g/mol. The number of ether oxygens (including phenoxy) is 1. The van der Waals surface area contributed by atoms with Crippen molar-refractivity contribution in [3.05, 3.63) is 99.8 Å². The Bertz CT molecular complexity index is 1190. The van der Waals surface area contributed by atoms with E-state index < -0.39 is 11.6 Å². The summed E-state index contributed by atoms with van der Waals surface area (Å²) in [6.07, 6.45) is 1.21. The second-order valence-electron chi connectivity index (χ2n) is 10.00. The summed E-state index contributed by atoms with van der Waals surface area (Å²) in [5, 5.41) is 3.02. The van der Waals surface area contributed by atoms with Crippen molar-refractivity contribution in [2.45, 2.75) is 58.7 Å². The highest BCUT2D eigenvalue weighted by molar-refractivity contribution is 9.10. The van der Waals surface area contributed by atoms with Crippen LogP contribution in [0.25, 0.3) is 0 Å². The Morgan fingerprint density at radius 1 is 0.973 bits per heavy atom. The van der Waals surface area contributed by atoms with E-state index in [1.807, 2.05) is 69.3 Å². The molecule has 0 radical (unpaired) electrons. The van der Waals surface area contributed by atoms with Crippen molar-refractivity contribution in [3.8, 4) is 5.75 Å². The molecule has 1 atom stereocenters. The summed E-state index contributed by atoms with van der Waals surface area (Å²) in [6, 6.07) is 20.5. The van der Waals surface area contributed by atoms with Gasteiger partial charge in [-0.3, -0.25) is 9.59 Å². The minimum atomic E-state index is -0.798. The second-order valence-corrected chi connectivity index (χ2v) is 10.9. The van der Waals surface area contributed by atoms with Gasteiger partial charge in [-0.15, -0.1) is 0 Å². The first-order valence-electron chi connectivity index (χ1n) is 12.4. The molecule has 5 nitrogen and oxygen atoms in total. The highest BCUT2D eigenvalue weighted by atomic mass is 79.9. The Kier molecular flexibility index (Phi) is 9.86. The molecule has 0 saturated heterocycles. The third kappa shape index (κ3) is 8.71. The minimum absolute atomic E-state index is 0.132. The summed E-state index contributed by atoms with van der Waals surface area (Å²) >= 11 is 3.52. The first-order chi connectivity index (χ1) is 17.6. The lowest BCUT2D eigenvalue weighted by Gasteiger charge is -2.33. The maximum absolute atomic E-state index is 13.7. The number of carbonyl (C=O) groups is 2. The third-order valence-electron chi connectivity index (χ3n) is 5.79. The molecular weight excluding hydrogens is 535 g/mol. The lowest BCUT2D eigenvalue weighted by molar-refractivity contribution is -0.143. The average Bonchev–Trinajstić information content (AvgIpc) is 2.85. The van der Waals surface area contributed by atoms with E-state index in [0.717, 1.165) is 22.0 Å². The second kappa shape index (κ2) is 12.9. The Balaban J connectivity index is 1.92. The molecule has 3 aromatic rings. The van der Waals surface area contributed by atoms with Crippen LogP contribution in [0.1, 0.15) is 44.4 Å². The Morgan fingerprint density at radius 2 is 1.62 bits per heavy atom. The summed E-state index contributed by atoms with van der Waals surface area (Å²) in [7, 11) is 0.